The standard InChI is InChI=1S/C22H25N3O2/c1-14-10-18-11-16(3)21(25-20(18)12-15(14)2)23-8-9-24-22(26)17-6-5-7-19(13-17)27-4/h5-7,10-13H,8-9H2,1-4H3,(H,23,25)(H,24,26). The highest BCUT2D eigenvalue weighted by Gasteiger charge is 2.07. The van der Waals surface area contributed by atoms with Crippen molar-refractivity contribution in [3.8, 4) is 5.75 Å². The van der Waals surface area contributed by atoms with E-state index in [2.05, 4.69) is 42.7 Å². The number of methoxy groups -OCH3 is 1. The molecule has 0 fully saturated rings. The third-order valence-corrected chi connectivity index (χ3v) is 4.66. The molecule has 3 aromatic rings. The zero-order chi connectivity index (χ0) is 19.4. The summed E-state index contributed by atoms with van der Waals surface area (Å²) in [7, 11) is 1.59. The van der Waals surface area contributed by atoms with E-state index in [1.54, 1.807) is 25.3 Å². The lowest BCUT2D eigenvalue weighted by Gasteiger charge is -2.12. The molecule has 0 radical (unpaired) electrons. The number of pyridine rings is 1. The van der Waals surface area contributed by atoms with E-state index in [1.165, 1.54) is 11.1 Å². The Morgan fingerprint density at radius 3 is 2.52 bits per heavy atom. The summed E-state index contributed by atoms with van der Waals surface area (Å²) < 4.78 is 5.15. The SMILES string of the molecule is COc1cccc(C(=O)NCCNc2nc3cc(C)c(C)cc3cc2C)c1. The lowest BCUT2D eigenvalue weighted by Crippen LogP contribution is -2.29. The van der Waals surface area contributed by atoms with Crippen molar-refractivity contribution in [2.75, 3.05) is 25.5 Å². The Kier molecular flexibility index (Phi) is 5.60. The lowest BCUT2D eigenvalue weighted by atomic mass is 10.1. The molecule has 0 aliphatic rings. The summed E-state index contributed by atoms with van der Waals surface area (Å²) in [6, 6.07) is 13.5. The van der Waals surface area contributed by atoms with Gasteiger partial charge in [0.15, 0.2) is 0 Å². The van der Waals surface area contributed by atoms with Crippen LogP contribution in [0.5, 0.6) is 5.75 Å². The summed E-state index contributed by atoms with van der Waals surface area (Å²) in [5, 5.41) is 7.37. The molecule has 0 bridgehead atoms. The van der Waals surface area contributed by atoms with Crippen LogP contribution in [0.4, 0.5) is 5.82 Å². The third kappa shape index (κ3) is 4.37. The monoisotopic (exact) mass is 363 g/mol. The minimum absolute atomic E-state index is 0.120. The number of aryl methyl sites for hydroxylation is 3. The van der Waals surface area contributed by atoms with Crippen molar-refractivity contribution < 1.29 is 9.53 Å². The van der Waals surface area contributed by atoms with E-state index in [1.807, 2.05) is 13.0 Å². The number of nitrogens with zero attached hydrogens (tertiary/aromatic N) is 1. The second-order valence-corrected chi connectivity index (χ2v) is 6.70. The molecule has 0 aliphatic carbocycles. The molecule has 140 valence electrons. The summed E-state index contributed by atoms with van der Waals surface area (Å²) in [6.45, 7) is 7.35. The van der Waals surface area contributed by atoms with Gasteiger partial charge < -0.3 is 15.4 Å². The van der Waals surface area contributed by atoms with E-state index in [0.717, 1.165) is 22.3 Å². The fourth-order valence-electron chi connectivity index (χ4n) is 2.95. The van der Waals surface area contributed by atoms with Crippen LogP contribution in [-0.4, -0.2) is 31.1 Å². The number of hydrogen-bond donors (Lipinski definition) is 2. The second-order valence-electron chi connectivity index (χ2n) is 6.70. The third-order valence-electron chi connectivity index (χ3n) is 4.66. The highest BCUT2D eigenvalue weighted by molar-refractivity contribution is 5.94. The van der Waals surface area contributed by atoms with Crippen LogP contribution in [0, 0.1) is 20.8 Å². The summed E-state index contributed by atoms with van der Waals surface area (Å²) in [5.74, 6) is 1.40. The molecule has 0 aliphatic heterocycles. The minimum Gasteiger partial charge on any atom is -0.497 e. The molecule has 27 heavy (non-hydrogen) atoms. The van der Waals surface area contributed by atoms with Gasteiger partial charge in [-0.3, -0.25) is 4.79 Å². The maximum absolute atomic E-state index is 12.2. The zero-order valence-corrected chi connectivity index (χ0v) is 16.2. The maximum atomic E-state index is 12.2. The van der Waals surface area contributed by atoms with Gasteiger partial charge in [0, 0.05) is 24.0 Å². The first-order chi connectivity index (χ1) is 13.0. The van der Waals surface area contributed by atoms with Gasteiger partial charge in [-0.2, -0.15) is 0 Å². The molecular formula is C22H25N3O2. The minimum atomic E-state index is -0.120. The summed E-state index contributed by atoms with van der Waals surface area (Å²) in [6.07, 6.45) is 0. The van der Waals surface area contributed by atoms with Gasteiger partial charge in [0.1, 0.15) is 11.6 Å². The van der Waals surface area contributed by atoms with Gasteiger partial charge in [-0.1, -0.05) is 6.07 Å². The highest BCUT2D eigenvalue weighted by Crippen LogP contribution is 2.22. The van der Waals surface area contributed by atoms with Crippen molar-refractivity contribution in [1.82, 2.24) is 10.3 Å². The van der Waals surface area contributed by atoms with Crippen molar-refractivity contribution in [3.05, 3.63) is 64.7 Å². The van der Waals surface area contributed by atoms with Gasteiger partial charge in [-0.15, -0.1) is 0 Å². The number of aromatic nitrogens is 1. The zero-order valence-electron chi connectivity index (χ0n) is 16.2. The second kappa shape index (κ2) is 8.08. The molecule has 5 nitrogen and oxygen atoms in total. The first-order valence-electron chi connectivity index (χ1n) is 9.02. The number of carbonyl (C=O) groups is 1. The van der Waals surface area contributed by atoms with Crippen molar-refractivity contribution >= 4 is 22.6 Å². The quantitative estimate of drug-likeness (QED) is 0.650. The molecule has 0 unspecified atom stereocenters. The Labute approximate surface area is 159 Å². The van der Waals surface area contributed by atoms with Crippen molar-refractivity contribution in [2.45, 2.75) is 20.8 Å². The number of carbonyl (C=O) groups excluding carboxylic acids is 1. The average Bonchev–Trinajstić information content (AvgIpc) is 2.67. The molecule has 3 rings (SSSR count). The molecule has 0 saturated heterocycles. The number of amides is 1. The number of nitrogens with one attached hydrogen (secondary N) is 2. The van der Waals surface area contributed by atoms with Crippen molar-refractivity contribution in [2.24, 2.45) is 0 Å². The topological polar surface area (TPSA) is 63.2 Å². The lowest BCUT2D eigenvalue weighted by molar-refractivity contribution is 0.0955. The normalized spacial score (nSPS) is 10.7. The van der Waals surface area contributed by atoms with Crippen LogP contribution in [0.15, 0.2) is 42.5 Å². The largest absolute Gasteiger partial charge is 0.497 e. The van der Waals surface area contributed by atoms with Crippen LogP contribution in [0.25, 0.3) is 10.9 Å². The Morgan fingerprint density at radius 1 is 1.00 bits per heavy atom. The summed E-state index contributed by atoms with van der Waals surface area (Å²) in [5.41, 5.74) is 5.15. The van der Waals surface area contributed by atoms with Gasteiger partial charge >= 0.3 is 0 Å². The fraction of sp³-hybridized carbons (Fsp3) is 0.273. The number of rotatable bonds is 6. The van der Waals surface area contributed by atoms with Crippen LogP contribution in [0.1, 0.15) is 27.0 Å². The van der Waals surface area contributed by atoms with E-state index in [0.29, 0.717) is 24.4 Å². The molecule has 0 spiro atoms. The van der Waals surface area contributed by atoms with Gasteiger partial charge in [-0.25, -0.2) is 4.98 Å². The van der Waals surface area contributed by atoms with Gasteiger partial charge in [0.05, 0.1) is 12.6 Å². The van der Waals surface area contributed by atoms with Crippen molar-refractivity contribution in [3.63, 3.8) is 0 Å². The Hall–Kier alpha value is -3.08. The van der Waals surface area contributed by atoms with E-state index in [9.17, 15) is 4.79 Å². The summed E-state index contributed by atoms with van der Waals surface area (Å²) in [4.78, 5) is 17.0. The summed E-state index contributed by atoms with van der Waals surface area (Å²) >= 11 is 0. The molecular weight excluding hydrogens is 338 g/mol. The van der Waals surface area contributed by atoms with Crippen molar-refractivity contribution in [1.29, 1.82) is 0 Å². The molecule has 0 atom stereocenters. The van der Waals surface area contributed by atoms with Crippen LogP contribution in [0.2, 0.25) is 0 Å². The molecule has 5 heteroatoms. The van der Waals surface area contributed by atoms with Gasteiger partial charge in [-0.05, 0) is 73.9 Å². The maximum Gasteiger partial charge on any atom is 0.251 e. The molecule has 1 amide bonds. The van der Waals surface area contributed by atoms with E-state index >= 15 is 0 Å². The molecule has 2 aromatic carbocycles. The number of ether oxygens (including phenoxy) is 1. The van der Waals surface area contributed by atoms with E-state index < -0.39 is 0 Å². The fourth-order valence-corrected chi connectivity index (χ4v) is 2.95. The average molecular weight is 363 g/mol. The smallest absolute Gasteiger partial charge is 0.251 e. The Bertz CT molecular complexity index is 983. The Balaban J connectivity index is 1.61. The molecule has 2 N–H and O–H groups in total. The van der Waals surface area contributed by atoms with Crippen LogP contribution in [0.3, 0.4) is 0 Å². The first-order valence-corrected chi connectivity index (χ1v) is 9.02. The number of fused-ring (bicyclic) bond motifs is 1. The van der Waals surface area contributed by atoms with Gasteiger partial charge in [0.2, 0.25) is 0 Å². The number of anilines is 1. The molecule has 0 saturated carbocycles. The first kappa shape index (κ1) is 18.7. The van der Waals surface area contributed by atoms with Crippen LogP contribution in [-0.2, 0) is 0 Å². The molecule has 1 heterocycles. The number of hydrogen-bond acceptors (Lipinski definition) is 4. The molecule has 1 aromatic heterocycles. The van der Waals surface area contributed by atoms with Crippen LogP contribution >= 0.6 is 0 Å². The van der Waals surface area contributed by atoms with Crippen LogP contribution < -0.4 is 15.4 Å². The highest BCUT2D eigenvalue weighted by atomic mass is 16.5. The predicted octanol–water partition coefficient (Wildman–Crippen LogP) is 4.01. The Morgan fingerprint density at radius 2 is 1.74 bits per heavy atom. The van der Waals surface area contributed by atoms with E-state index in [4.69, 9.17) is 9.72 Å². The predicted molar refractivity (Wildman–Crippen MR) is 110 cm³/mol. The van der Waals surface area contributed by atoms with E-state index in [-0.39, 0.29) is 5.91 Å². The number of benzene rings is 2. The van der Waals surface area contributed by atoms with Gasteiger partial charge in [0.25, 0.3) is 5.91 Å².